The Bertz CT molecular complexity index is 1110. The Morgan fingerprint density at radius 2 is 1.87 bits per heavy atom. The van der Waals surface area contributed by atoms with Gasteiger partial charge in [0.15, 0.2) is 10.6 Å². The highest BCUT2D eigenvalue weighted by atomic mass is 32.1. The first kappa shape index (κ1) is 20.1. The molecule has 1 aromatic carbocycles. The number of anilines is 1. The lowest BCUT2D eigenvalue weighted by molar-refractivity contribution is -0.121. The molecule has 1 saturated heterocycles. The van der Waals surface area contributed by atoms with E-state index in [1.807, 2.05) is 47.1 Å². The highest BCUT2D eigenvalue weighted by molar-refractivity contribution is 7.71. The number of hydrogen-bond acceptors (Lipinski definition) is 5. The third kappa shape index (κ3) is 4.45. The first-order chi connectivity index (χ1) is 15.2. The number of pyridine rings is 1. The van der Waals surface area contributed by atoms with Crippen LogP contribution in [0.4, 0.5) is 5.69 Å². The van der Waals surface area contributed by atoms with Crippen LogP contribution in [0.1, 0.15) is 31.7 Å². The molecule has 5 rings (SSSR count). The fourth-order valence-electron chi connectivity index (χ4n) is 4.23. The average molecular weight is 435 g/mol. The number of aromatic nitrogens is 4. The topological polar surface area (TPSA) is 68.0 Å². The van der Waals surface area contributed by atoms with Gasteiger partial charge < -0.3 is 5.32 Å². The summed E-state index contributed by atoms with van der Waals surface area (Å²) in [6, 6.07) is 14.0. The van der Waals surface area contributed by atoms with Crippen molar-refractivity contribution in [2.45, 2.75) is 38.4 Å². The maximum absolute atomic E-state index is 12.8. The molecule has 1 aliphatic heterocycles. The molecule has 2 aromatic heterocycles. The minimum Gasteiger partial charge on any atom is -0.326 e. The van der Waals surface area contributed by atoms with Gasteiger partial charge >= 0.3 is 0 Å². The highest BCUT2D eigenvalue weighted by Crippen LogP contribution is 2.38. The Labute approximate surface area is 186 Å². The Kier molecular flexibility index (Phi) is 5.65. The van der Waals surface area contributed by atoms with Crippen molar-refractivity contribution in [3.05, 3.63) is 59.6 Å². The zero-order valence-electron chi connectivity index (χ0n) is 17.4. The zero-order chi connectivity index (χ0) is 21.2. The Hall–Kier alpha value is -2.84. The fraction of sp³-hybridized carbons (Fsp3) is 0.391. The van der Waals surface area contributed by atoms with Gasteiger partial charge in [-0.3, -0.25) is 19.2 Å². The maximum atomic E-state index is 12.8. The molecule has 1 unspecified atom stereocenters. The largest absolute Gasteiger partial charge is 0.326 e. The van der Waals surface area contributed by atoms with Gasteiger partial charge in [0.1, 0.15) is 0 Å². The van der Waals surface area contributed by atoms with Crippen LogP contribution in [-0.4, -0.2) is 43.2 Å². The standard InChI is InChI=1S/C23H26N6OS/c30-22(25-19-6-2-1-3-7-19)18-5-4-14-27(15-18)16-28-23(31)29(20-8-9-20)21(26-28)17-10-12-24-13-11-17/h1-3,6-7,10-13,18,20H,4-5,8-9,14-16H2,(H,25,30). The smallest absolute Gasteiger partial charge is 0.228 e. The van der Waals surface area contributed by atoms with E-state index in [-0.39, 0.29) is 11.8 Å². The quantitative estimate of drug-likeness (QED) is 0.591. The van der Waals surface area contributed by atoms with Gasteiger partial charge in [0.05, 0.1) is 12.6 Å². The number of carbonyl (C=O) groups excluding carboxylic acids is 1. The van der Waals surface area contributed by atoms with Crippen molar-refractivity contribution in [3.8, 4) is 11.4 Å². The molecule has 0 radical (unpaired) electrons. The van der Waals surface area contributed by atoms with E-state index in [0.717, 1.165) is 54.1 Å². The van der Waals surface area contributed by atoms with Gasteiger partial charge in [-0.1, -0.05) is 18.2 Å². The van der Waals surface area contributed by atoms with Gasteiger partial charge in [-0.25, -0.2) is 4.68 Å². The van der Waals surface area contributed by atoms with Crippen molar-refractivity contribution in [3.63, 3.8) is 0 Å². The number of amides is 1. The molecular formula is C23H26N6OS. The third-order valence-electron chi connectivity index (χ3n) is 5.97. The molecule has 1 N–H and O–H groups in total. The minimum atomic E-state index is -0.0340. The van der Waals surface area contributed by atoms with E-state index >= 15 is 0 Å². The summed E-state index contributed by atoms with van der Waals surface area (Å²) in [5, 5.41) is 7.93. The number of para-hydroxylation sites is 1. The van der Waals surface area contributed by atoms with Gasteiger partial charge in [0, 0.05) is 36.2 Å². The summed E-state index contributed by atoms with van der Waals surface area (Å²) in [5.74, 6) is 0.957. The molecular weight excluding hydrogens is 408 g/mol. The van der Waals surface area contributed by atoms with Crippen LogP contribution in [-0.2, 0) is 11.5 Å². The second-order valence-corrected chi connectivity index (χ2v) is 8.72. The second-order valence-electron chi connectivity index (χ2n) is 8.36. The third-order valence-corrected chi connectivity index (χ3v) is 6.38. The molecule has 3 aromatic rings. The van der Waals surface area contributed by atoms with Crippen LogP contribution in [0.15, 0.2) is 54.9 Å². The van der Waals surface area contributed by atoms with Gasteiger partial charge in [-0.2, -0.15) is 5.10 Å². The van der Waals surface area contributed by atoms with Gasteiger partial charge in [0.2, 0.25) is 5.91 Å². The molecule has 1 atom stereocenters. The van der Waals surface area contributed by atoms with Crippen LogP contribution >= 0.6 is 12.2 Å². The molecule has 3 heterocycles. The monoisotopic (exact) mass is 434 g/mol. The van der Waals surface area contributed by atoms with E-state index in [4.69, 9.17) is 17.3 Å². The zero-order valence-corrected chi connectivity index (χ0v) is 18.2. The van der Waals surface area contributed by atoms with Crippen LogP contribution in [0.3, 0.4) is 0 Å². The molecule has 7 nitrogen and oxygen atoms in total. The molecule has 160 valence electrons. The van der Waals surface area contributed by atoms with Gasteiger partial charge in [-0.05, 0) is 68.7 Å². The molecule has 1 saturated carbocycles. The Morgan fingerprint density at radius 1 is 1.10 bits per heavy atom. The van der Waals surface area contributed by atoms with Crippen LogP contribution in [0, 0.1) is 10.7 Å². The number of piperidine rings is 1. The number of hydrogen-bond donors (Lipinski definition) is 1. The summed E-state index contributed by atoms with van der Waals surface area (Å²) in [7, 11) is 0. The van der Waals surface area contributed by atoms with E-state index in [9.17, 15) is 4.79 Å². The Morgan fingerprint density at radius 3 is 2.61 bits per heavy atom. The van der Waals surface area contributed by atoms with E-state index in [1.54, 1.807) is 12.4 Å². The van der Waals surface area contributed by atoms with Crippen molar-refractivity contribution in [2.75, 3.05) is 18.4 Å². The van der Waals surface area contributed by atoms with Crippen molar-refractivity contribution in [1.29, 1.82) is 0 Å². The predicted octanol–water partition coefficient (Wildman–Crippen LogP) is 4.12. The minimum absolute atomic E-state index is 0.0340. The Balaban J connectivity index is 1.32. The van der Waals surface area contributed by atoms with Crippen LogP contribution in [0.2, 0.25) is 0 Å². The first-order valence-electron chi connectivity index (χ1n) is 10.9. The number of likely N-dealkylation sites (tertiary alicyclic amines) is 1. The summed E-state index contributed by atoms with van der Waals surface area (Å²) in [6.45, 7) is 2.25. The van der Waals surface area contributed by atoms with Gasteiger partial charge in [-0.15, -0.1) is 0 Å². The maximum Gasteiger partial charge on any atom is 0.228 e. The van der Waals surface area contributed by atoms with Gasteiger partial charge in [0.25, 0.3) is 0 Å². The summed E-state index contributed by atoms with van der Waals surface area (Å²) >= 11 is 5.81. The number of rotatable bonds is 6. The molecule has 2 aliphatic rings. The summed E-state index contributed by atoms with van der Waals surface area (Å²) in [4.78, 5) is 19.2. The lowest BCUT2D eigenvalue weighted by Crippen LogP contribution is -2.41. The SMILES string of the molecule is O=C(Nc1ccccc1)C1CCCN(Cn2nc(-c3ccncc3)n(C3CC3)c2=S)C1. The van der Waals surface area contributed by atoms with Crippen molar-refractivity contribution in [2.24, 2.45) is 5.92 Å². The molecule has 2 fully saturated rings. The molecule has 31 heavy (non-hydrogen) atoms. The van der Waals surface area contributed by atoms with Crippen molar-refractivity contribution in [1.82, 2.24) is 24.2 Å². The van der Waals surface area contributed by atoms with E-state index in [2.05, 4.69) is 19.8 Å². The number of benzene rings is 1. The molecule has 0 bridgehead atoms. The second kappa shape index (κ2) is 8.72. The normalized spacial score (nSPS) is 19.3. The highest BCUT2D eigenvalue weighted by Gasteiger charge is 2.30. The average Bonchev–Trinajstić information content (AvgIpc) is 3.59. The number of carbonyl (C=O) groups is 1. The van der Waals surface area contributed by atoms with E-state index in [0.29, 0.717) is 19.3 Å². The first-order valence-corrected chi connectivity index (χ1v) is 11.3. The van der Waals surface area contributed by atoms with Crippen molar-refractivity contribution < 1.29 is 4.79 Å². The van der Waals surface area contributed by atoms with Crippen LogP contribution < -0.4 is 5.32 Å². The summed E-state index contributed by atoms with van der Waals surface area (Å²) in [5.41, 5.74) is 1.88. The summed E-state index contributed by atoms with van der Waals surface area (Å²) < 4.78 is 4.86. The number of nitrogens with one attached hydrogen (secondary N) is 1. The number of nitrogens with zero attached hydrogens (tertiary/aromatic N) is 5. The molecule has 1 aliphatic carbocycles. The van der Waals surface area contributed by atoms with E-state index < -0.39 is 0 Å². The van der Waals surface area contributed by atoms with Crippen LogP contribution in [0.5, 0.6) is 0 Å². The summed E-state index contributed by atoms with van der Waals surface area (Å²) in [6.07, 6.45) is 7.75. The molecule has 1 amide bonds. The molecule has 8 heteroatoms. The molecule has 0 spiro atoms. The fourth-order valence-corrected chi connectivity index (χ4v) is 4.56. The van der Waals surface area contributed by atoms with Crippen molar-refractivity contribution >= 4 is 23.8 Å². The van der Waals surface area contributed by atoms with E-state index in [1.165, 1.54) is 0 Å². The lowest BCUT2D eigenvalue weighted by atomic mass is 9.97. The lowest BCUT2D eigenvalue weighted by Gasteiger charge is -2.31. The van der Waals surface area contributed by atoms with Crippen LogP contribution in [0.25, 0.3) is 11.4 Å². The predicted molar refractivity (Wildman–Crippen MR) is 122 cm³/mol.